The Hall–Kier alpha value is -2.56. The number of phenolic OH excluding ortho intramolecular Hbond substituents is 1. The number of anilines is 1. The SMILES string of the molecule is COc1ccc(NC(=O)c2cc(C)ccc2O)cc1F. The molecule has 0 aliphatic rings. The molecule has 0 fully saturated rings. The average Bonchev–Trinajstić information content (AvgIpc) is 2.41. The van der Waals surface area contributed by atoms with Gasteiger partial charge < -0.3 is 15.2 Å². The average molecular weight is 275 g/mol. The Labute approximate surface area is 115 Å². The molecule has 4 nitrogen and oxygen atoms in total. The van der Waals surface area contributed by atoms with Gasteiger partial charge in [0.2, 0.25) is 0 Å². The fourth-order valence-corrected chi connectivity index (χ4v) is 1.77. The highest BCUT2D eigenvalue weighted by Gasteiger charge is 2.12. The number of phenols is 1. The van der Waals surface area contributed by atoms with Crippen LogP contribution in [-0.4, -0.2) is 18.1 Å². The zero-order valence-electron chi connectivity index (χ0n) is 11.1. The summed E-state index contributed by atoms with van der Waals surface area (Å²) < 4.78 is 18.3. The van der Waals surface area contributed by atoms with Crippen molar-refractivity contribution in [3.8, 4) is 11.5 Å². The number of aromatic hydroxyl groups is 1. The van der Waals surface area contributed by atoms with Gasteiger partial charge in [-0.1, -0.05) is 11.6 Å². The van der Waals surface area contributed by atoms with Crippen LogP contribution >= 0.6 is 0 Å². The number of halogens is 1. The highest BCUT2D eigenvalue weighted by Crippen LogP contribution is 2.23. The van der Waals surface area contributed by atoms with Gasteiger partial charge in [-0.2, -0.15) is 0 Å². The number of methoxy groups -OCH3 is 1. The van der Waals surface area contributed by atoms with E-state index in [-0.39, 0.29) is 22.7 Å². The molecule has 0 aliphatic heterocycles. The topological polar surface area (TPSA) is 58.6 Å². The third kappa shape index (κ3) is 2.88. The molecular weight excluding hydrogens is 261 g/mol. The first kappa shape index (κ1) is 13.9. The summed E-state index contributed by atoms with van der Waals surface area (Å²) in [5.41, 5.74) is 1.27. The van der Waals surface area contributed by atoms with Gasteiger partial charge >= 0.3 is 0 Å². The molecule has 0 saturated carbocycles. The van der Waals surface area contributed by atoms with Crippen molar-refractivity contribution in [2.24, 2.45) is 0 Å². The summed E-state index contributed by atoms with van der Waals surface area (Å²) in [7, 11) is 1.36. The van der Waals surface area contributed by atoms with Gasteiger partial charge in [-0.05, 0) is 31.2 Å². The molecule has 20 heavy (non-hydrogen) atoms. The monoisotopic (exact) mass is 275 g/mol. The molecular formula is C15H14FNO3. The van der Waals surface area contributed by atoms with E-state index in [0.29, 0.717) is 0 Å². The maximum Gasteiger partial charge on any atom is 0.259 e. The molecule has 2 aromatic carbocycles. The van der Waals surface area contributed by atoms with Crippen LogP contribution in [0, 0.1) is 12.7 Å². The zero-order valence-corrected chi connectivity index (χ0v) is 11.1. The minimum Gasteiger partial charge on any atom is -0.507 e. The first-order valence-corrected chi connectivity index (χ1v) is 5.96. The molecule has 104 valence electrons. The smallest absolute Gasteiger partial charge is 0.259 e. The van der Waals surface area contributed by atoms with Crippen LogP contribution in [0.3, 0.4) is 0 Å². The molecule has 2 N–H and O–H groups in total. The largest absolute Gasteiger partial charge is 0.507 e. The van der Waals surface area contributed by atoms with E-state index in [1.807, 2.05) is 6.92 Å². The lowest BCUT2D eigenvalue weighted by atomic mass is 10.1. The van der Waals surface area contributed by atoms with Gasteiger partial charge in [0.1, 0.15) is 5.75 Å². The van der Waals surface area contributed by atoms with Crippen molar-refractivity contribution in [1.82, 2.24) is 0 Å². The standard InChI is InChI=1S/C15H14FNO3/c1-9-3-5-13(18)11(7-9)15(19)17-10-4-6-14(20-2)12(16)8-10/h3-8,18H,1-2H3,(H,17,19). The minimum atomic E-state index is -0.571. The Morgan fingerprint density at radius 3 is 2.65 bits per heavy atom. The fourth-order valence-electron chi connectivity index (χ4n) is 1.77. The predicted molar refractivity (Wildman–Crippen MR) is 73.7 cm³/mol. The van der Waals surface area contributed by atoms with Crippen LogP contribution < -0.4 is 10.1 Å². The molecule has 0 spiro atoms. The van der Waals surface area contributed by atoms with Gasteiger partial charge in [0.05, 0.1) is 12.7 Å². The van der Waals surface area contributed by atoms with Crippen LogP contribution in [0.5, 0.6) is 11.5 Å². The lowest BCUT2D eigenvalue weighted by molar-refractivity contribution is 0.102. The Morgan fingerprint density at radius 2 is 2.00 bits per heavy atom. The van der Waals surface area contributed by atoms with Crippen LogP contribution in [0.4, 0.5) is 10.1 Å². The molecule has 0 bridgehead atoms. The van der Waals surface area contributed by atoms with Crippen molar-refractivity contribution in [1.29, 1.82) is 0 Å². The summed E-state index contributed by atoms with van der Waals surface area (Å²) in [6, 6.07) is 8.79. The molecule has 5 heteroatoms. The number of nitrogens with one attached hydrogen (secondary N) is 1. The second kappa shape index (κ2) is 5.61. The number of rotatable bonds is 3. The van der Waals surface area contributed by atoms with Gasteiger partial charge in [-0.3, -0.25) is 4.79 Å². The van der Waals surface area contributed by atoms with Crippen LogP contribution in [-0.2, 0) is 0 Å². The van der Waals surface area contributed by atoms with Gasteiger partial charge in [-0.25, -0.2) is 4.39 Å². The molecule has 0 unspecified atom stereocenters. The van der Waals surface area contributed by atoms with E-state index in [1.54, 1.807) is 12.1 Å². The van der Waals surface area contributed by atoms with Gasteiger partial charge in [0.25, 0.3) is 5.91 Å². The summed E-state index contributed by atoms with van der Waals surface area (Å²) in [4.78, 5) is 12.0. The molecule has 2 rings (SSSR count). The van der Waals surface area contributed by atoms with Gasteiger partial charge in [-0.15, -0.1) is 0 Å². The molecule has 2 aromatic rings. The number of hydrogen-bond donors (Lipinski definition) is 2. The maximum atomic E-state index is 13.5. The highest BCUT2D eigenvalue weighted by atomic mass is 19.1. The molecule has 0 aliphatic carbocycles. The van der Waals surface area contributed by atoms with E-state index in [0.717, 1.165) is 11.6 Å². The Kier molecular flexibility index (Phi) is 3.89. The number of ether oxygens (including phenoxy) is 1. The highest BCUT2D eigenvalue weighted by molar-refractivity contribution is 6.06. The van der Waals surface area contributed by atoms with Crippen molar-refractivity contribution < 1.29 is 19.0 Å². The third-order valence-corrected chi connectivity index (χ3v) is 2.81. The lowest BCUT2D eigenvalue weighted by Crippen LogP contribution is -2.12. The zero-order chi connectivity index (χ0) is 14.7. The molecule has 0 heterocycles. The summed E-state index contributed by atoms with van der Waals surface area (Å²) in [5.74, 6) is -1.10. The van der Waals surface area contributed by atoms with Crippen molar-refractivity contribution in [3.05, 3.63) is 53.3 Å². The van der Waals surface area contributed by atoms with E-state index in [9.17, 15) is 14.3 Å². The summed E-state index contributed by atoms with van der Waals surface area (Å²) >= 11 is 0. The first-order chi connectivity index (χ1) is 9.51. The number of carbonyl (C=O) groups is 1. The van der Waals surface area contributed by atoms with E-state index in [1.165, 1.54) is 25.3 Å². The summed E-state index contributed by atoms with van der Waals surface area (Å²) in [6.07, 6.45) is 0. The normalized spacial score (nSPS) is 10.2. The summed E-state index contributed by atoms with van der Waals surface area (Å²) in [5, 5.41) is 12.2. The number of benzene rings is 2. The number of hydrogen-bond acceptors (Lipinski definition) is 3. The Balaban J connectivity index is 2.23. The Morgan fingerprint density at radius 1 is 1.25 bits per heavy atom. The van der Waals surface area contributed by atoms with Crippen LogP contribution in [0.1, 0.15) is 15.9 Å². The van der Waals surface area contributed by atoms with E-state index in [4.69, 9.17) is 4.74 Å². The first-order valence-electron chi connectivity index (χ1n) is 5.96. The van der Waals surface area contributed by atoms with Gasteiger partial charge in [0.15, 0.2) is 11.6 Å². The van der Waals surface area contributed by atoms with Crippen molar-refractivity contribution in [2.45, 2.75) is 6.92 Å². The summed E-state index contributed by atoms with van der Waals surface area (Å²) in [6.45, 7) is 1.81. The molecule has 0 aromatic heterocycles. The molecule has 1 amide bonds. The fraction of sp³-hybridized carbons (Fsp3) is 0.133. The van der Waals surface area contributed by atoms with Gasteiger partial charge in [0, 0.05) is 11.8 Å². The second-order valence-corrected chi connectivity index (χ2v) is 4.32. The number of amides is 1. The second-order valence-electron chi connectivity index (χ2n) is 4.32. The van der Waals surface area contributed by atoms with Crippen LogP contribution in [0.15, 0.2) is 36.4 Å². The van der Waals surface area contributed by atoms with Crippen molar-refractivity contribution in [3.63, 3.8) is 0 Å². The predicted octanol–water partition coefficient (Wildman–Crippen LogP) is 3.10. The van der Waals surface area contributed by atoms with Crippen molar-refractivity contribution in [2.75, 3.05) is 12.4 Å². The quantitative estimate of drug-likeness (QED) is 0.905. The van der Waals surface area contributed by atoms with Crippen molar-refractivity contribution >= 4 is 11.6 Å². The van der Waals surface area contributed by atoms with E-state index >= 15 is 0 Å². The van der Waals surface area contributed by atoms with E-state index in [2.05, 4.69) is 5.32 Å². The minimum absolute atomic E-state index is 0.0985. The molecule has 0 atom stereocenters. The van der Waals surface area contributed by atoms with E-state index < -0.39 is 11.7 Å². The maximum absolute atomic E-state index is 13.5. The Bertz CT molecular complexity index is 656. The number of carbonyl (C=O) groups excluding carboxylic acids is 1. The molecule has 0 saturated heterocycles. The molecule has 0 radical (unpaired) electrons. The van der Waals surface area contributed by atoms with Crippen LogP contribution in [0.25, 0.3) is 0 Å². The number of aryl methyl sites for hydroxylation is 1. The van der Waals surface area contributed by atoms with Crippen LogP contribution in [0.2, 0.25) is 0 Å². The lowest BCUT2D eigenvalue weighted by Gasteiger charge is -2.09. The third-order valence-electron chi connectivity index (χ3n) is 2.81.